The van der Waals surface area contributed by atoms with E-state index >= 15 is 0 Å². The molecule has 7 nitrogen and oxygen atoms in total. The Hall–Kier alpha value is -2.22. The highest BCUT2D eigenvalue weighted by Crippen LogP contribution is 2.33. The van der Waals surface area contributed by atoms with E-state index in [4.69, 9.17) is 10.5 Å². The fourth-order valence-electron chi connectivity index (χ4n) is 2.38. The molecule has 0 aromatic heterocycles. The molecule has 0 bridgehead atoms. The second-order valence-corrected chi connectivity index (χ2v) is 5.00. The molecule has 2 rings (SSSR count). The van der Waals surface area contributed by atoms with Crippen molar-refractivity contribution in [2.24, 2.45) is 11.1 Å². The minimum atomic E-state index is -0.926. The highest BCUT2D eigenvalue weighted by atomic mass is 19.1. The summed E-state index contributed by atoms with van der Waals surface area (Å²) in [4.78, 5) is 21.8. The third kappa shape index (κ3) is 3.10. The molecule has 1 aliphatic heterocycles. The number of nitrogens with one attached hydrogen (secondary N) is 1. The monoisotopic (exact) mass is 297 g/mol. The van der Waals surface area contributed by atoms with Crippen LogP contribution >= 0.6 is 0 Å². The Morgan fingerprint density at radius 3 is 2.71 bits per heavy atom. The van der Waals surface area contributed by atoms with Gasteiger partial charge in [0.1, 0.15) is 5.69 Å². The van der Waals surface area contributed by atoms with Crippen LogP contribution in [0, 0.1) is 21.3 Å². The average molecular weight is 297 g/mol. The van der Waals surface area contributed by atoms with Crippen molar-refractivity contribution in [3.63, 3.8) is 0 Å². The van der Waals surface area contributed by atoms with Crippen molar-refractivity contribution in [3.05, 3.63) is 34.1 Å². The summed E-state index contributed by atoms with van der Waals surface area (Å²) in [5.41, 5.74) is 4.02. The predicted molar refractivity (Wildman–Crippen MR) is 73.2 cm³/mol. The summed E-state index contributed by atoms with van der Waals surface area (Å²) in [5, 5.41) is 13.7. The summed E-state index contributed by atoms with van der Waals surface area (Å²) < 4.78 is 18.7. The van der Waals surface area contributed by atoms with E-state index < -0.39 is 27.8 Å². The van der Waals surface area contributed by atoms with E-state index in [9.17, 15) is 19.3 Å². The molecule has 21 heavy (non-hydrogen) atoms. The Morgan fingerprint density at radius 2 is 2.14 bits per heavy atom. The number of rotatable bonds is 5. The van der Waals surface area contributed by atoms with Crippen LogP contribution in [0.2, 0.25) is 0 Å². The van der Waals surface area contributed by atoms with E-state index in [1.807, 2.05) is 0 Å². The first-order valence-corrected chi connectivity index (χ1v) is 6.51. The van der Waals surface area contributed by atoms with Crippen LogP contribution in [0.4, 0.5) is 15.8 Å². The van der Waals surface area contributed by atoms with E-state index in [0.717, 1.165) is 6.07 Å². The second kappa shape index (κ2) is 6.04. The third-order valence-electron chi connectivity index (χ3n) is 3.76. The van der Waals surface area contributed by atoms with Crippen molar-refractivity contribution >= 4 is 17.3 Å². The molecule has 0 radical (unpaired) electrons. The number of halogens is 1. The van der Waals surface area contributed by atoms with Crippen LogP contribution in [0.5, 0.6) is 0 Å². The zero-order chi connectivity index (χ0) is 15.5. The Balaban J connectivity index is 2.20. The number of ether oxygens (including phenoxy) is 1. The van der Waals surface area contributed by atoms with Gasteiger partial charge in [0.15, 0.2) is 0 Å². The van der Waals surface area contributed by atoms with Gasteiger partial charge in [0, 0.05) is 19.8 Å². The molecule has 1 fully saturated rings. The molecule has 0 saturated carbocycles. The number of para-hydroxylation sites is 1. The molecule has 0 spiro atoms. The summed E-state index contributed by atoms with van der Waals surface area (Å²) >= 11 is 0. The van der Waals surface area contributed by atoms with Crippen LogP contribution in [0.3, 0.4) is 0 Å². The number of primary amides is 1. The molecule has 1 aliphatic rings. The van der Waals surface area contributed by atoms with Gasteiger partial charge in [0.05, 0.1) is 10.3 Å². The van der Waals surface area contributed by atoms with E-state index in [1.54, 1.807) is 0 Å². The highest BCUT2D eigenvalue weighted by Gasteiger charge is 2.38. The standard InChI is InChI=1S/C13H16FN3O4/c14-9-2-1-3-10(11(9)17(19)20)16-8-13(12(15)18)4-6-21-7-5-13/h1-3,16H,4-8H2,(H2,15,18). The van der Waals surface area contributed by atoms with Crippen LogP contribution in [-0.2, 0) is 9.53 Å². The lowest BCUT2D eigenvalue weighted by Gasteiger charge is -2.34. The molecule has 1 aromatic carbocycles. The summed E-state index contributed by atoms with van der Waals surface area (Å²) in [5.74, 6) is -1.41. The van der Waals surface area contributed by atoms with E-state index in [2.05, 4.69) is 5.32 Å². The number of hydrogen-bond donors (Lipinski definition) is 2. The van der Waals surface area contributed by atoms with Crippen LogP contribution in [0.25, 0.3) is 0 Å². The van der Waals surface area contributed by atoms with Crippen molar-refractivity contribution in [2.75, 3.05) is 25.1 Å². The normalized spacial score (nSPS) is 17.2. The minimum Gasteiger partial charge on any atom is -0.381 e. The van der Waals surface area contributed by atoms with Gasteiger partial charge in [-0.15, -0.1) is 0 Å². The molecular formula is C13H16FN3O4. The van der Waals surface area contributed by atoms with Gasteiger partial charge in [-0.1, -0.05) is 6.07 Å². The lowest BCUT2D eigenvalue weighted by molar-refractivity contribution is -0.386. The lowest BCUT2D eigenvalue weighted by atomic mass is 9.79. The highest BCUT2D eigenvalue weighted by molar-refractivity contribution is 5.82. The van der Waals surface area contributed by atoms with Gasteiger partial charge < -0.3 is 15.8 Å². The van der Waals surface area contributed by atoms with Gasteiger partial charge in [0.25, 0.3) is 0 Å². The summed E-state index contributed by atoms with van der Waals surface area (Å²) in [6.07, 6.45) is 0.858. The number of carbonyl (C=O) groups is 1. The lowest BCUT2D eigenvalue weighted by Crippen LogP contribution is -2.46. The predicted octanol–water partition coefficient (Wildman–Crippen LogP) is 1.43. The smallest absolute Gasteiger partial charge is 0.327 e. The number of nitro benzene ring substituents is 1. The molecule has 1 amide bonds. The fourth-order valence-corrected chi connectivity index (χ4v) is 2.38. The second-order valence-electron chi connectivity index (χ2n) is 5.00. The van der Waals surface area contributed by atoms with Crippen LogP contribution in [0.15, 0.2) is 18.2 Å². The van der Waals surface area contributed by atoms with E-state index in [-0.39, 0.29) is 12.2 Å². The van der Waals surface area contributed by atoms with Gasteiger partial charge >= 0.3 is 5.69 Å². The number of nitrogens with zero attached hydrogens (tertiary/aromatic N) is 1. The van der Waals surface area contributed by atoms with E-state index in [1.165, 1.54) is 12.1 Å². The summed E-state index contributed by atoms with van der Waals surface area (Å²) in [7, 11) is 0. The molecule has 8 heteroatoms. The Kier molecular flexibility index (Phi) is 4.37. The van der Waals surface area contributed by atoms with Crippen molar-refractivity contribution in [1.29, 1.82) is 0 Å². The van der Waals surface area contributed by atoms with Gasteiger partial charge in [-0.25, -0.2) is 0 Å². The van der Waals surface area contributed by atoms with Crippen molar-refractivity contribution < 1.29 is 18.8 Å². The number of nitrogens with two attached hydrogens (primary N) is 1. The first-order chi connectivity index (χ1) is 9.96. The van der Waals surface area contributed by atoms with Crippen molar-refractivity contribution in [1.82, 2.24) is 0 Å². The SMILES string of the molecule is NC(=O)C1(CNc2cccc(F)c2[N+](=O)[O-])CCOCC1. The topological polar surface area (TPSA) is 107 Å². The zero-order valence-corrected chi connectivity index (χ0v) is 11.3. The maximum atomic E-state index is 13.5. The number of carbonyl (C=O) groups excluding carboxylic acids is 1. The Labute approximate surface area is 120 Å². The number of anilines is 1. The number of amides is 1. The number of benzene rings is 1. The quantitative estimate of drug-likeness (QED) is 0.631. The van der Waals surface area contributed by atoms with Gasteiger partial charge in [-0.3, -0.25) is 14.9 Å². The summed E-state index contributed by atoms with van der Waals surface area (Å²) in [6.45, 7) is 0.904. The van der Waals surface area contributed by atoms with Gasteiger partial charge in [-0.2, -0.15) is 4.39 Å². The minimum absolute atomic E-state index is 0.0344. The number of nitro groups is 1. The largest absolute Gasteiger partial charge is 0.381 e. The Bertz CT molecular complexity index is 558. The van der Waals surface area contributed by atoms with Crippen LogP contribution < -0.4 is 11.1 Å². The average Bonchev–Trinajstić information content (AvgIpc) is 2.45. The summed E-state index contributed by atoms with van der Waals surface area (Å²) in [6, 6.07) is 3.78. The molecule has 114 valence electrons. The molecule has 3 N–H and O–H groups in total. The molecular weight excluding hydrogens is 281 g/mol. The third-order valence-corrected chi connectivity index (χ3v) is 3.76. The fraction of sp³-hybridized carbons (Fsp3) is 0.462. The first kappa shape index (κ1) is 15.2. The zero-order valence-electron chi connectivity index (χ0n) is 11.3. The molecule has 1 saturated heterocycles. The Morgan fingerprint density at radius 1 is 1.48 bits per heavy atom. The van der Waals surface area contributed by atoms with Crippen LogP contribution in [0.1, 0.15) is 12.8 Å². The maximum absolute atomic E-state index is 13.5. The first-order valence-electron chi connectivity index (χ1n) is 6.51. The van der Waals surface area contributed by atoms with Crippen molar-refractivity contribution in [3.8, 4) is 0 Å². The maximum Gasteiger partial charge on any atom is 0.327 e. The molecule has 0 unspecified atom stereocenters. The molecule has 0 aliphatic carbocycles. The van der Waals surface area contributed by atoms with Crippen LogP contribution in [-0.4, -0.2) is 30.6 Å². The van der Waals surface area contributed by atoms with Gasteiger partial charge in [-0.05, 0) is 25.0 Å². The molecule has 1 heterocycles. The number of hydrogen-bond acceptors (Lipinski definition) is 5. The molecule has 1 aromatic rings. The van der Waals surface area contributed by atoms with E-state index in [0.29, 0.717) is 26.1 Å². The van der Waals surface area contributed by atoms with Crippen molar-refractivity contribution in [2.45, 2.75) is 12.8 Å². The molecule has 0 atom stereocenters. The van der Waals surface area contributed by atoms with Gasteiger partial charge in [0.2, 0.25) is 11.7 Å².